The molecule has 1 saturated heterocycles. The summed E-state index contributed by atoms with van der Waals surface area (Å²) in [5, 5.41) is 10.5. The molecule has 1 aromatic rings. The van der Waals surface area contributed by atoms with Crippen LogP contribution in [0.1, 0.15) is 12.5 Å². The van der Waals surface area contributed by atoms with Crippen LogP contribution in [0, 0.1) is 0 Å². The molecule has 0 aliphatic carbocycles. The molecule has 1 fully saturated rings. The Kier molecular flexibility index (Phi) is 7.34. The average Bonchev–Trinajstić information content (AvgIpc) is 2.47. The highest BCUT2D eigenvalue weighted by Crippen LogP contribution is 2.13. The Morgan fingerprint density at radius 1 is 1.36 bits per heavy atom. The summed E-state index contributed by atoms with van der Waals surface area (Å²) in [5.74, 6) is -2.76. The van der Waals surface area contributed by atoms with Crippen molar-refractivity contribution in [3.05, 3.63) is 35.9 Å². The Morgan fingerprint density at radius 2 is 1.95 bits per heavy atom. The van der Waals surface area contributed by atoms with E-state index in [0.29, 0.717) is 6.04 Å². The van der Waals surface area contributed by atoms with Crippen molar-refractivity contribution in [1.29, 1.82) is 0 Å². The van der Waals surface area contributed by atoms with Crippen LogP contribution < -0.4 is 5.32 Å². The van der Waals surface area contributed by atoms with E-state index in [0.717, 1.165) is 13.1 Å². The first-order valence-electron chi connectivity index (χ1n) is 7.09. The van der Waals surface area contributed by atoms with Crippen LogP contribution in [-0.4, -0.2) is 54.4 Å². The number of rotatable bonds is 3. The number of benzene rings is 1. The molecule has 0 aromatic heterocycles. The minimum atomic E-state index is -5.08. The topological polar surface area (TPSA) is 52.6 Å². The normalized spacial score (nSPS) is 19.2. The summed E-state index contributed by atoms with van der Waals surface area (Å²) < 4.78 is 31.7. The number of piperazine rings is 1. The molecule has 1 aromatic carbocycles. The average molecular weight is 318 g/mol. The third-order valence-corrected chi connectivity index (χ3v) is 3.41. The number of carboxylic acids is 1. The van der Waals surface area contributed by atoms with Gasteiger partial charge in [0.25, 0.3) is 0 Å². The monoisotopic (exact) mass is 318 g/mol. The smallest absolute Gasteiger partial charge is 0.475 e. The summed E-state index contributed by atoms with van der Waals surface area (Å²) in [6.45, 7) is 6.95. The summed E-state index contributed by atoms with van der Waals surface area (Å²) in [7, 11) is 0. The van der Waals surface area contributed by atoms with Crippen LogP contribution in [0.4, 0.5) is 13.2 Å². The molecule has 1 unspecified atom stereocenters. The molecule has 2 N–H and O–H groups in total. The van der Waals surface area contributed by atoms with E-state index in [-0.39, 0.29) is 0 Å². The zero-order chi connectivity index (χ0) is 16.6. The molecule has 0 spiro atoms. The van der Waals surface area contributed by atoms with Crippen molar-refractivity contribution in [2.45, 2.75) is 25.6 Å². The number of alkyl halides is 3. The van der Waals surface area contributed by atoms with Crippen molar-refractivity contribution in [2.24, 2.45) is 0 Å². The van der Waals surface area contributed by atoms with E-state index >= 15 is 0 Å². The summed E-state index contributed by atoms with van der Waals surface area (Å²) in [6, 6.07) is 11.4. The lowest BCUT2D eigenvalue weighted by Gasteiger charge is -2.33. The van der Waals surface area contributed by atoms with Gasteiger partial charge in [-0.1, -0.05) is 30.3 Å². The first-order chi connectivity index (χ1) is 10.3. The van der Waals surface area contributed by atoms with Gasteiger partial charge in [0, 0.05) is 32.2 Å². The predicted molar refractivity (Wildman–Crippen MR) is 77.7 cm³/mol. The third kappa shape index (κ3) is 6.91. The highest BCUT2D eigenvalue weighted by atomic mass is 19.4. The maximum absolute atomic E-state index is 10.6. The van der Waals surface area contributed by atoms with Crippen molar-refractivity contribution in [3.63, 3.8) is 0 Å². The summed E-state index contributed by atoms with van der Waals surface area (Å²) in [5.41, 5.74) is 1.45. The molecule has 2 rings (SSSR count). The van der Waals surface area contributed by atoms with Crippen LogP contribution in [0.15, 0.2) is 30.3 Å². The number of halogens is 3. The van der Waals surface area contributed by atoms with Crippen LogP contribution in [0.5, 0.6) is 0 Å². The fourth-order valence-corrected chi connectivity index (χ4v) is 2.13. The minimum absolute atomic E-state index is 0.683. The quantitative estimate of drug-likeness (QED) is 0.897. The van der Waals surface area contributed by atoms with Crippen LogP contribution >= 0.6 is 0 Å². The Balaban J connectivity index is 0.000000295. The lowest BCUT2D eigenvalue weighted by Crippen LogP contribution is -2.50. The summed E-state index contributed by atoms with van der Waals surface area (Å²) in [4.78, 5) is 11.5. The lowest BCUT2D eigenvalue weighted by molar-refractivity contribution is -0.192. The Bertz CT molecular complexity index is 452. The van der Waals surface area contributed by atoms with E-state index in [1.807, 2.05) is 0 Å². The fourth-order valence-electron chi connectivity index (χ4n) is 2.13. The number of carbonyl (C=O) groups is 1. The van der Waals surface area contributed by atoms with Crippen LogP contribution in [0.3, 0.4) is 0 Å². The molecule has 0 amide bonds. The Hall–Kier alpha value is -1.60. The van der Waals surface area contributed by atoms with Gasteiger partial charge >= 0.3 is 12.1 Å². The van der Waals surface area contributed by atoms with Crippen LogP contribution in [-0.2, 0) is 11.2 Å². The van der Waals surface area contributed by atoms with Gasteiger partial charge < -0.3 is 10.4 Å². The molecule has 0 saturated carbocycles. The molecule has 7 heteroatoms. The first-order valence-corrected chi connectivity index (χ1v) is 7.09. The molecular weight excluding hydrogens is 297 g/mol. The maximum atomic E-state index is 10.6. The SMILES string of the molecule is CC1CNCCN1CCc1ccccc1.O=C(O)C(F)(F)F. The third-order valence-electron chi connectivity index (χ3n) is 3.41. The standard InChI is InChI=1S/C13H20N2.C2HF3O2/c1-12-11-14-8-10-15(12)9-7-13-5-3-2-4-6-13;3-2(4,5)1(6)7/h2-6,12,14H,7-11H2,1H3;(H,6,7). The minimum Gasteiger partial charge on any atom is -0.475 e. The van der Waals surface area contributed by atoms with E-state index in [9.17, 15) is 13.2 Å². The van der Waals surface area contributed by atoms with Gasteiger partial charge in [-0.2, -0.15) is 13.2 Å². The van der Waals surface area contributed by atoms with Crippen molar-refractivity contribution in [2.75, 3.05) is 26.2 Å². The van der Waals surface area contributed by atoms with Crippen molar-refractivity contribution in [1.82, 2.24) is 10.2 Å². The van der Waals surface area contributed by atoms with Gasteiger partial charge in [-0.3, -0.25) is 4.90 Å². The van der Waals surface area contributed by atoms with E-state index in [1.54, 1.807) is 0 Å². The van der Waals surface area contributed by atoms with Gasteiger partial charge in [0.15, 0.2) is 0 Å². The second-order valence-electron chi connectivity index (χ2n) is 5.13. The molecule has 1 atom stereocenters. The molecule has 4 nitrogen and oxygen atoms in total. The molecule has 0 radical (unpaired) electrons. The maximum Gasteiger partial charge on any atom is 0.490 e. The highest BCUT2D eigenvalue weighted by Gasteiger charge is 2.38. The van der Waals surface area contributed by atoms with Gasteiger partial charge in [-0.25, -0.2) is 4.79 Å². The second-order valence-corrected chi connectivity index (χ2v) is 5.13. The second kappa shape index (κ2) is 8.75. The van der Waals surface area contributed by atoms with Gasteiger partial charge in [-0.15, -0.1) is 0 Å². The fraction of sp³-hybridized carbons (Fsp3) is 0.533. The van der Waals surface area contributed by atoms with Gasteiger partial charge in [-0.05, 0) is 18.9 Å². The number of hydrogen-bond acceptors (Lipinski definition) is 3. The van der Waals surface area contributed by atoms with Crippen molar-refractivity contribution in [3.8, 4) is 0 Å². The van der Waals surface area contributed by atoms with Gasteiger partial charge in [0.05, 0.1) is 0 Å². The first kappa shape index (κ1) is 18.4. The van der Waals surface area contributed by atoms with E-state index in [4.69, 9.17) is 9.90 Å². The number of nitrogens with one attached hydrogen (secondary N) is 1. The van der Waals surface area contributed by atoms with Crippen molar-refractivity contribution >= 4 is 5.97 Å². The Labute approximate surface area is 127 Å². The van der Waals surface area contributed by atoms with E-state index in [2.05, 4.69) is 47.5 Å². The van der Waals surface area contributed by atoms with Crippen LogP contribution in [0.25, 0.3) is 0 Å². The van der Waals surface area contributed by atoms with Gasteiger partial charge in [0.2, 0.25) is 0 Å². The highest BCUT2D eigenvalue weighted by molar-refractivity contribution is 5.73. The zero-order valence-electron chi connectivity index (χ0n) is 12.4. The number of aliphatic carboxylic acids is 1. The lowest BCUT2D eigenvalue weighted by atomic mass is 10.1. The zero-order valence-corrected chi connectivity index (χ0v) is 12.4. The van der Waals surface area contributed by atoms with E-state index in [1.165, 1.54) is 25.1 Å². The summed E-state index contributed by atoms with van der Waals surface area (Å²) in [6.07, 6.45) is -3.91. The number of nitrogens with zero attached hydrogens (tertiary/aromatic N) is 1. The van der Waals surface area contributed by atoms with Crippen molar-refractivity contribution < 1.29 is 23.1 Å². The van der Waals surface area contributed by atoms with Crippen LogP contribution in [0.2, 0.25) is 0 Å². The summed E-state index contributed by atoms with van der Waals surface area (Å²) >= 11 is 0. The number of hydrogen-bond donors (Lipinski definition) is 2. The number of carboxylic acid groups (broad SMARTS) is 1. The molecule has 1 heterocycles. The molecule has 124 valence electrons. The Morgan fingerprint density at radius 3 is 2.45 bits per heavy atom. The largest absolute Gasteiger partial charge is 0.490 e. The molecule has 22 heavy (non-hydrogen) atoms. The molecule has 1 aliphatic rings. The van der Waals surface area contributed by atoms with Gasteiger partial charge in [0.1, 0.15) is 0 Å². The molecular formula is C15H21F3N2O2. The predicted octanol–water partition coefficient (Wildman–Crippen LogP) is 2.16. The molecule has 0 bridgehead atoms. The molecule has 1 aliphatic heterocycles. The van der Waals surface area contributed by atoms with E-state index < -0.39 is 12.1 Å².